The van der Waals surface area contributed by atoms with Crippen LogP contribution in [0.15, 0.2) is 36.4 Å². The summed E-state index contributed by atoms with van der Waals surface area (Å²) in [6.07, 6.45) is 0. The van der Waals surface area contributed by atoms with Gasteiger partial charge in [0.2, 0.25) is 0 Å². The van der Waals surface area contributed by atoms with Gasteiger partial charge in [0, 0.05) is 0 Å². The third-order valence-electron chi connectivity index (χ3n) is 9.98. The first kappa shape index (κ1) is 39.0. The molecule has 0 radical (unpaired) electrons. The zero-order valence-corrected chi connectivity index (χ0v) is 36.6. The summed E-state index contributed by atoms with van der Waals surface area (Å²) >= 11 is -3.07. The summed E-state index contributed by atoms with van der Waals surface area (Å²) in [4.78, 5) is 0. The molecule has 3 aromatic rings. The van der Waals surface area contributed by atoms with Gasteiger partial charge in [0.1, 0.15) is 0 Å². The molecule has 0 aliphatic rings. The summed E-state index contributed by atoms with van der Waals surface area (Å²) in [5, 5.41) is 0. The van der Waals surface area contributed by atoms with Gasteiger partial charge in [-0.05, 0) is 0 Å². The van der Waals surface area contributed by atoms with Crippen molar-refractivity contribution in [1.29, 1.82) is 0 Å². The van der Waals surface area contributed by atoms with Crippen molar-refractivity contribution >= 4 is 31.6 Å². The van der Waals surface area contributed by atoms with Crippen molar-refractivity contribution < 1.29 is 0 Å². The second-order valence-electron chi connectivity index (χ2n) is 16.9. The van der Waals surface area contributed by atoms with Crippen LogP contribution in [0.3, 0.4) is 0 Å². The van der Waals surface area contributed by atoms with Crippen LogP contribution >= 0.6 is 0 Å². The standard InChI is InChI=1S/3C15H23.Bi/c3*1-10(2)13-7-14(11(3)4)9-15(8-13)12(5)6;/h3*7-8,10-12H,1-6H3;. The Labute approximate surface area is 294 Å². The zero-order chi connectivity index (χ0) is 34.9. The van der Waals surface area contributed by atoms with Gasteiger partial charge in [0.05, 0.1) is 0 Å². The molecule has 3 rings (SSSR count). The van der Waals surface area contributed by atoms with Crippen LogP contribution in [0.25, 0.3) is 0 Å². The van der Waals surface area contributed by atoms with Gasteiger partial charge < -0.3 is 0 Å². The van der Waals surface area contributed by atoms with Gasteiger partial charge in [0.15, 0.2) is 0 Å². The Balaban J connectivity index is 2.84. The fraction of sp³-hybridized carbons (Fsp3) is 0.600. The van der Waals surface area contributed by atoms with Gasteiger partial charge in [-0.3, -0.25) is 0 Å². The van der Waals surface area contributed by atoms with Crippen molar-refractivity contribution in [2.24, 2.45) is 0 Å². The molecule has 46 heavy (non-hydrogen) atoms. The molecule has 0 amide bonds. The SMILES string of the molecule is CC(C)c1cc(C(C)C)[c]([Bi]([c]2c(C(C)C)cc(C(C)C)cc2C(C)C)[c]2c(C(C)C)cc(C(C)C)cc2C(C)C)c(C(C)C)c1. The van der Waals surface area contributed by atoms with E-state index in [0.29, 0.717) is 53.3 Å². The number of hydrogen-bond donors (Lipinski definition) is 0. The summed E-state index contributed by atoms with van der Waals surface area (Å²) in [5.74, 6) is 4.40. The minimum atomic E-state index is -3.07. The maximum atomic E-state index is 2.64. The Hall–Kier alpha value is -1.46. The molecule has 0 unspecified atom stereocenters. The van der Waals surface area contributed by atoms with Gasteiger partial charge in [0.25, 0.3) is 0 Å². The van der Waals surface area contributed by atoms with Gasteiger partial charge in [-0.25, -0.2) is 0 Å². The molecule has 0 aliphatic heterocycles. The van der Waals surface area contributed by atoms with Crippen molar-refractivity contribution in [3.63, 3.8) is 0 Å². The van der Waals surface area contributed by atoms with E-state index < -0.39 is 21.8 Å². The number of rotatable bonds is 12. The first-order valence-electron chi connectivity index (χ1n) is 18.6. The average Bonchev–Trinajstić information content (AvgIpc) is 2.95. The topological polar surface area (TPSA) is 0 Å². The van der Waals surface area contributed by atoms with Crippen molar-refractivity contribution in [3.8, 4) is 0 Å². The Bertz CT molecular complexity index is 1210. The van der Waals surface area contributed by atoms with E-state index >= 15 is 0 Å². The third kappa shape index (κ3) is 8.21. The fourth-order valence-corrected chi connectivity index (χ4v) is 23.0. The van der Waals surface area contributed by atoms with Crippen molar-refractivity contribution in [3.05, 3.63) is 86.5 Å². The van der Waals surface area contributed by atoms with Gasteiger partial charge >= 0.3 is 296 Å². The second-order valence-corrected chi connectivity index (χ2v) is 24.7. The summed E-state index contributed by atoms with van der Waals surface area (Å²) in [6.45, 7) is 43.7. The first-order chi connectivity index (χ1) is 21.3. The second kappa shape index (κ2) is 15.8. The third-order valence-corrected chi connectivity index (χ3v) is 21.2. The van der Waals surface area contributed by atoms with E-state index in [1.807, 2.05) is 0 Å². The zero-order valence-electron chi connectivity index (χ0n) is 33.1. The van der Waals surface area contributed by atoms with Crippen LogP contribution in [-0.4, -0.2) is 21.8 Å². The first-order valence-corrected chi connectivity index (χ1v) is 23.8. The van der Waals surface area contributed by atoms with Crippen molar-refractivity contribution in [2.45, 2.75) is 178 Å². The molecule has 0 fully saturated rings. The van der Waals surface area contributed by atoms with E-state index in [2.05, 4.69) is 161 Å². The van der Waals surface area contributed by atoms with Crippen LogP contribution in [0.4, 0.5) is 0 Å². The Morgan fingerprint density at radius 2 is 0.413 bits per heavy atom. The summed E-state index contributed by atoms with van der Waals surface area (Å²) in [6, 6.07) is 15.8. The molecule has 0 bridgehead atoms. The fourth-order valence-electron chi connectivity index (χ4n) is 6.86. The predicted molar refractivity (Wildman–Crippen MR) is 211 cm³/mol. The van der Waals surface area contributed by atoms with Crippen LogP contribution in [-0.2, 0) is 0 Å². The molecule has 0 saturated heterocycles. The van der Waals surface area contributed by atoms with E-state index in [9.17, 15) is 0 Å². The molecule has 0 N–H and O–H groups in total. The monoisotopic (exact) mass is 819 g/mol. The quantitative estimate of drug-likeness (QED) is 0.160. The predicted octanol–water partition coefficient (Wildman–Crippen LogP) is 12.3. The molecule has 0 atom stereocenters. The maximum absolute atomic E-state index is 3.07. The van der Waals surface area contributed by atoms with E-state index in [4.69, 9.17) is 0 Å². The summed E-state index contributed by atoms with van der Waals surface area (Å²) in [5.41, 5.74) is 14.3. The molecule has 0 heterocycles. The van der Waals surface area contributed by atoms with E-state index in [1.54, 1.807) is 43.2 Å². The summed E-state index contributed by atoms with van der Waals surface area (Å²) in [7, 11) is 0. The van der Waals surface area contributed by atoms with Crippen LogP contribution in [0.5, 0.6) is 0 Å². The molecule has 0 aromatic heterocycles. The Morgan fingerprint density at radius 3 is 0.522 bits per heavy atom. The van der Waals surface area contributed by atoms with Crippen molar-refractivity contribution in [1.82, 2.24) is 0 Å². The van der Waals surface area contributed by atoms with Gasteiger partial charge in [-0.2, -0.15) is 0 Å². The van der Waals surface area contributed by atoms with Crippen molar-refractivity contribution in [2.75, 3.05) is 0 Å². The Kier molecular flexibility index (Phi) is 13.4. The normalized spacial score (nSPS) is 12.8. The van der Waals surface area contributed by atoms with Gasteiger partial charge in [-0.15, -0.1) is 0 Å². The number of hydrogen-bond acceptors (Lipinski definition) is 0. The van der Waals surface area contributed by atoms with Crippen LogP contribution in [0, 0.1) is 0 Å². The van der Waals surface area contributed by atoms with Crippen LogP contribution in [0.1, 0.15) is 228 Å². The molecule has 1 heteroatoms. The van der Waals surface area contributed by atoms with Crippen LogP contribution in [0.2, 0.25) is 0 Å². The molecule has 0 nitrogen and oxygen atoms in total. The minimum absolute atomic E-state index is 0.476. The van der Waals surface area contributed by atoms with E-state index in [0.717, 1.165) is 0 Å². The van der Waals surface area contributed by atoms with E-state index in [-0.39, 0.29) is 0 Å². The average molecular weight is 819 g/mol. The van der Waals surface area contributed by atoms with Crippen LogP contribution < -0.4 is 9.81 Å². The molecule has 254 valence electrons. The number of benzene rings is 3. The van der Waals surface area contributed by atoms with Gasteiger partial charge in [-0.1, -0.05) is 0 Å². The molecular formula is C45H69Bi. The summed E-state index contributed by atoms with van der Waals surface area (Å²) < 4.78 is 5.35. The van der Waals surface area contributed by atoms with E-state index in [1.165, 1.54) is 16.7 Å². The molecule has 0 saturated carbocycles. The molecular weight excluding hydrogens is 749 g/mol. The molecule has 3 aromatic carbocycles. The Morgan fingerprint density at radius 1 is 0.261 bits per heavy atom. The molecule has 0 spiro atoms. The molecule has 0 aliphatic carbocycles.